The van der Waals surface area contributed by atoms with E-state index in [1.54, 1.807) is 0 Å². The van der Waals surface area contributed by atoms with Gasteiger partial charge in [-0.2, -0.15) is 0 Å². The van der Waals surface area contributed by atoms with Crippen LogP contribution in [0.3, 0.4) is 0 Å². The molecule has 0 bridgehead atoms. The molecule has 2 aromatic carbocycles. The van der Waals surface area contributed by atoms with Crippen molar-refractivity contribution in [3.05, 3.63) is 89.6 Å². The highest BCUT2D eigenvalue weighted by Gasteiger charge is 2.20. The molecule has 3 rings (SSSR count). The van der Waals surface area contributed by atoms with Gasteiger partial charge in [0.15, 0.2) is 0 Å². The SMILES string of the molecule is NCC(=O)NC(=O)Oc1ccc(C(=O)NS(=O)(=O)c2ccc(C(=O)NCCCCc3ccccc3)cc2)cn1. The van der Waals surface area contributed by atoms with E-state index in [1.807, 2.05) is 28.2 Å². The van der Waals surface area contributed by atoms with Gasteiger partial charge in [0.1, 0.15) is 0 Å². The van der Waals surface area contributed by atoms with E-state index in [0.29, 0.717) is 6.54 Å². The molecule has 0 aliphatic carbocycles. The average Bonchev–Trinajstić information content (AvgIpc) is 2.93. The van der Waals surface area contributed by atoms with Gasteiger partial charge in [-0.1, -0.05) is 30.3 Å². The van der Waals surface area contributed by atoms with Gasteiger partial charge in [-0.25, -0.2) is 22.9 Å². The number of nitrogens with two attached hydrogens (primary N) is 1. The molecule has 3 aromatic rings. The third kappa shape index (κ3) is 9.02. The zero-order chi connectivity index (χ0) is 28.3. The largest absolute Gasteiger partial charge is 0.420 e. The Morgan fingerprint density at radius 2 is 1.54 bits per heavy atom. The third-order valence-corrected chi connectivity index (χ3v) is 6.64. The molecule has 204 valence electrons. The van der Waals surface area contributed by atoms with Crippen LogP contribution in [-0.4, -0.2) is 50.3 Å². The molecule has 12 nitrogen and oxygen atoms in total. The van der Waals surface area contributed by atoms with Crippen molar-refractivity contribution in [3.8, 4) is 5.88 Å². The lowest BCUT2D eigenvalue weighted by atomic mass is 10.1. The number of aromatic nitrogens is 1. The summed E-state index contributed by atoms with van der Waals surface area (Å²) in [5.41, 5.74) is 6.45. The first-order valence-electron chi connectivity index (χ1n) is 11.8. The second-order valence-corrected chi connectivity index (χ2v) is 9.87. The van der Waals surface area contributed by atoms with Crippen molar-refractivity contribution in [1.29, 1.82) is 0 Å². The zero-order valence-corrected chi connectivity index (χ0v) is 21.6. The number of nitrogens with one attached hydrogen (secondary N) is 3. The highest BCUT2D eigenvalue weighted by atomic mass is 32.2. The molecule has 0 saturated heterocycles. The number of carbonyl (C=O) groups excluding carboxylic acids is 4. The first-order valence-corrected chi connectivity index (χ1v) is 13.3. The molecule has 0 aliphatic rings. The monoisotopic (exact) mass is 553 g/mol. The van der Waals surface area contributed by atoms with Gasteiger partial charge in [-0.15, -0.1) is 0 Å². The van der Waals surface area contributed by atoms with Crippen LogP contribution in [0.2, 0.25) is 0 Å². The number of nitrogens with zero attached hydrogens (tertiary/aromatic N) is 1. The summed E-state index contributed by atoms with van der Waals surface area (Å²) >= 11 is 0. The second kappa shape index (κ2) is 13.8. The molecule has 0 saturated carbocycles. The maximum absolute atomic E-state index is 12.6. The molecular formula is C26H27N5O7S. The quantitative estimate of drug-likeness (QED) is 0.255. The van der Waals surface area contributed by atoms with Crippen LogP contribution in [0.15, 0.2) is 77.8 Å². The van der Waals surface area contributed by atoms with Gasteiger partial charge in [-0.3, -0.25) is 19.7 Å². The molecule has 4 amide bonds. The number of aryl methyl sites for hydroxylation is 1. The summed E-state index contributed by atoms with van der Waals surface area (Å²) in [6, 6.07) is 17.5. The molecule has 13 heteroatoms. The van der Waals surface area contributed by atoms with Gasteiger partial charge in [0, 0.05) is 24.4 Å². The van der Waals surface area contributed by atoms with Gasteiger partial charge in [0.2, 0.25) is 11.8 Å². The fraction of sp³-hybridized carbons (Fsp3) is 0.192. The lowest BCUT2D eigenvalue weighted by molar-refractivity contribution is -0.118. The first kappa shape index (κ1) is 28.9. The summed E-state index contributed by atoms with van der Waals surface area (Å²) in [5, 5.41) is 4.65. The predicted molar refractivity (Wildman–Crippen MR) is 140 cm³/mol. The second-order valence-electron chi connectivity index (χ2n) is 8.18. The lowest BCUT2D eigenvalue weighted by Crippen LogP contribution is -2.37. The summed E-state index contributed by atoms with van der Waals surface area (Å²) in [4.78, 5) is 50.9. The maximum atomic E-state index is 12.6. The van der Waals surface area contributed by atoms with Gasteiger partial charge in [0.25, 0.3) is 21.8 Å². The Balaban J connectivity index is 1.49. The highest BCUT2D eigenvalue weighted by molar-refractivity contribution is 7.90. The van der Waals surface area contributed by atoms with Gasteiger partial charge < -0.3 is 15.8 Å². The van der Waals surface area contributed by atoms with E-state index in [4.69, 9.17) is 10.5 Å². The molecule has 39 heavy (non-hydrogen) atoms. The fourth-order valence-corrected chi connectivity index (χ4v) is 4.26. The van der Waals surface area contributed by atoms with Crippen molar-refractivity contribution in [2.75, 3.05) is 13.1 Å². The highest BCUT2D eigenvalue weighted by Crippen LogP contribution is 2.13. The van der Waals surface area contributed by atoms with Crippen molar-refractivity contribution in [2.45, 2.75) is 24.2 Å². The standard InChI is InChI=1S/C26H27N5O7S/c27-16-22(32)30-26(35)38-23-14-11-20(17-29-23)25(34)31-39(36,37)21-12-9-19(10-13-21)24(33)28-15-5-4-8-18-6-2-1-3-7-18/h1-3,6-7,9-14,17H,4-5,8,15-16,27H2,(H,28,33)(H,31,34)(H,30,32,35). The number of hydrogen-bond acceptors (Lipinski definition) is 9. The topological polar surface area (TPSA) is 187 Å². The number of amides is 4. The molecular weight excluding hydrogens is 526 g/mol. The molecule has 0 fully saturated rings. The molecule has 0 spiro atoms. The van der Waals surface area contributed by atoms with Crippen LogP contribution < -0.4 is 25.8 Å². The predicted octanol–water partition coefficient (Wildman–Crippen LogP) is 1.53. The van der Waals surface area contributed by atoms with Gasteiger partial charge in [-0.05, 0) is 55.2 Å². The fourth-order valence-electron chi connectivity index (χ4n) is 3.29. The smallest absolute Gasteiger partial charge is 0.391 e. The van der Waals surface area contributed by atoms with Crippen LogP contribution in [0, 0.1) is 0 Å². The number of rotatable bonds is 11. The molecule has 0 atom stereocenters. The Bertz CT molecular complexity index is 1410. The van der Waals surface area contributed by atoms with Crippen molar-refractivity contribution in [1.82, 2.24) is 20.3 Å². The summed E-state index contributed by atoms with van der Waals surface area (Å²) in [6.07, 6.45) is 2.50. The van der Waals surface area contributed by atoms with E-state index >= 15 is 0 Å². The van der Waals surface area contributed by atoms with Crippen molar-refractivity contribution in [2.24, 2.45) is 5.73 Å². The van der Waals surface area contributed by atoms with Gasteiger partial charge >= 0.3 is 6.09 Å². The van der Waals surface area contributed by atoms with Crippen molar-refractivity contribution in [3.63, 3.8) is 0 Å². The van der Waals surface area contributed by atoms with E-state index in [1.165, 1.54) is 35.9 Å². The van der Waals surface area contributed by atoms with E-state index in [9.17, 15) is 27.6 Å². The van der Waals surface area contributed by atoms with Crippen LogP contribution >= 0.6 is 0 Å². The maximum Gasteiger partial charge on any atom is 0.420 e. The van der Waals surface area contributed by atoms with E-state index in [0.717, 1.165) is 31.5 Å². The normalized spacial score (nSPS) is 10.8. The zero-order valence-electron chi connectivity index (χ0n) is 20.8. The minimum absolute atomic E-state index is 0.132. The van der Waals surface area contributed by atoms with Crippen molar-refractivity contribution >= 4 is 33.8 Å². The molecule has 5 N–H and O–H groups in total. The van der Waals surface area contributed by atoms with E-state index in [2.05, 4.69) is 22.4 Å². The number of carbonyl (C=O) groups is 4. The molecule has 0 unspecified atom stereocenters. The number of unbranched alkanes of at least 4 members (excludes halogenated alkanes) is 1. The Morgan fingerprint density at radius 1 is 0.846 bits per heavy atom. The Labute approximate surface area is 225 Å². The third-order valence-electron chi connectivity index (χ3n) is 5.30. The number of imide groups is 1. The molecule has 1 aromatic heterocycles. The van der Waals surface area contributed by atoms with E-state index < -0.39 is 34.5 Å². The molecule has 1 heterocycles. The van der Waals surface area contributed by atoms with Gasteiger partial charge in [0.05, 0.1) is 17.0 Å². The number of ether oxygens (including phenoxy) is 1. The van der Waals surface area contributed by atoms with E-state index in [-0.39, 0.29) is 27.8 Å². The van der Waals surface area contributed by atoms with Crippen LogP contribution in [0.1, 0.15) is 39.1 Å². The minimum Gasteiger partial charge on any atom is -0.391 e. The number of hydrogen-bond donors (Lipinski definition) is 4. The van der Waals surface area contributed by atoms with Crippen LogP contribution in [-0.2, 0) is 21.2 Å². The summed E-state index contributed by atoms with van der Waals surface area (Å²) in [5.74, 6) is -2.31. The van der Waals surface area contributed by atoms with Crippen LogP contribution in [0.5, 0.6) is 5.88 Å². The first-order chi connectivity index (χ1) is 18.7. The number of sulfonamides is 1. The summed E-state index contributed by atoms with van der Waals surface area (Å²) in [6.45, 7) is 0.0672. The van der Waals surface area contributed by atoms with Crippen LogP contribution in [0.4, 0.5) is 4.79 Å². The Kier molecular flexibility index (Phi) is 10.2. The lowest BCUT2D eigenvalue weighted by Gasteiger charge is -2.09. The molecule has 0 radical (unpaired) electrons. The number of benzene rings is 2. The summed E-state index contributed by atoms with van der Waals surface area (Å²) < 4.78 is 31.9. The average molecular weight is 554 g/mol. The minimum atomic E-state index is -4.25. The summed E-state index contributed by atoms with van der Waals surface area (Å²) in [7, 11) is -4.25. The Morgan fingerprint density at radius 3 is 2.18 bits per heavy atom. The number of pyridine rings is 1. The molecule has 0 aliphatic heterocycles. The van der Waals surface area contributed by atoms with Crippen LogP contribution in [0.25, 0.3) is 0 Å². The van der Waals surface area contributed by atoms with Crippen molar-refractivity contribution < 1.29 is 32.3 Å². The Hall–Kier alpha value is -4.62.